The van der Waals surface area contributed by atoms with E-state index in [1.54, 1.807) is 13.0 Å². The Hall–Kier alpha value is -3.04. The van der Waals surface area contributed by atoms with E-state index in [0.29, 0.717) is 16.8 Å². The maximum absolute atomic E-state index is 13.0. The van der Waals surface area contributed by atoms with Crippen molar-refractivity contribution in [2.45, 2.75) is 37.3 Å². The third-order valence-electron chi connectivity index (χ3n) is 4.63. The second kappa shape index (κ2) is 8.00. The van der Waals surface area contributed by atoms with Crippen LogP contribution in [0, 0.1) is 12.7 Å². The molecule has 0 atom stereocenters. The van der Waals surface area contributed by atoms with Gasteiger partial charge in [0.25, 0.3) is 0 Å². The first-order chi connectivity index (χ1) is 14.3. The Morgan fingerprint density at radius 3 is 2.67 bits per heavy atom. The third-order valence-corrected chi connectivity index (χ3v) is 6.15. The molecule has 1 aliphatic rings. The number of nitrogens with one attached hydrogen (secondary N) is 1. The molecule has 4 rings (SSSR count). The third kappa shape index (κ3) is 4.58. The largest absolute Gasteiger partial charge is 0.455 e. The van der Waals surface area contributed by atoms with E-state index in [0.717, 1.165) is 12.8 Å². The summed E-state index contributed by atoms with van der Waals surface area (Å²) >= 11 is 0. The maximum Gasteiger partial charge on any atom is 0.338 e. The van der Waals surface area contributed by atoms with E-state index < -0.39 is 16.0 Å². The van der Waals surface area contributed by atoms with Gasteiger partial charge in [-0.3, -0.25) is 0 Å². The Morgan fingerprint density at radius 1 is 1.23 bits per heavy atom. The average Bonchev–Trinajstić information content (AvgIpc) is 3.39. The van der Waals surface area contributed by atoms with Gasteiger partial charge < -0.3 is 9.15 Å². The molecule has 7 nitrogen and oxygen atoms in total. The highest BCUT2D eigenvalue weighted by atomic mass is 32.2. The molecule has 2 aromatic carbocycles. The highest BCUT2D eigenvalue weighted by Gasteiger charge is 2.28. The van der Waals surface area contributed by atoms with E-state index >= 15 is 0 Å². The summed E-state index contributed by atoms with van der Waals surface area (Å²) in [5.41, 5.74) is 1.72. The topological polar surface area (TPSA) is 98.5 Å². The molecular formula is C21H19FN2O5S. The van der Waals surface area contributed by atoms with E-state index in [1.807, 2.05) is 0 Å². The molecule has 1 fully saturated rings. The number of rotatable bonds is 7. The van der Waals surface area contributed by atoms with Crippen molar-refractivity contribution in [1.82, 2.24) is 9.71 Å². The molecule has 3 aromatic rings. The fourth-order valence-electron chi connectivity index (χ4n) is 2.79. The number of hydrogen-bond acceptors (Lipinski definition) is 6. The van der Waals surface area contributed by atoms with E-state index in [2.05, 4.69) is 9.71 Å². The number of carbonyl (C=O) groups is 1. The number of benzene rings is 2. The quantitative estimate of drug-likeness (QED) is 0.575. The molecular weight excluding hydrogens is 411 g/mol. The van der Waals surface area contributed by atoms with Gasteiger partial charge in [0.05, 0.1) is 10.5 Å². The number of aromatic nitrogens is 1. The Balaban J connectivity index is 1.45. The fourth-order valence-corrected chi connectivity index (χ4v) is 4.12. The number of ether oxygens (including phenoxy) is 1. The minimum atomic E-state index is -3.68. The van der Waals surface area contributed by atoms with Gasteiger partial charge >= 0.3 is 5.97 Å². The monoisotopic (exact) mass is 430 g/mol. The van der Waals surface area contributed by atoms with Crippen LogP contribution in [0.3, 0.4) is 0 Å². The highest BCUT2D eigenvalue weighted by Crippen LogP contribution is 2.24. The van der Waals surface area contributed by atoms with Crippen molar-refractivity contribution in [3.63, 3.8) is 0 Å². The first-order valence-electron chi connectivity index (χ1n) is 9.32. The van der Waals surface area contributed by atoms with Gasteiger partial charge in [-0.25, -0.2) is 27.3 Å². The van der Waals surface area contributed by atoms with Crippen LogP contribution in [0.4, 0.5) is 4.39 Å². The van der Waals surface area contributed by atoms with Crippen LogP contribution in [-0.4, -0.2) is 25.4 Å². The zero-order chi connectivity index (χ0) is 21.3. The first kappa shape index (κ1) is 20.2. The van der Waals surface area contributed by atoms with Gasteiger partial charge in [0, 0.05) is 11.6 Å². The zero-order valence-corrected chi connectivity index (χ0v) is 16.9. The smallest absolute Gasteiger partial charge is 0.338 e. The van der Waals surface area contributed by atoms with E-state index in [1.165, 1.54) is 42.7 Å². The lowest BCUT2D eigenvalue weighted by molar-refractivity contribution is 0.0466. The lowest BCUT2D eigenvalue weighted by Crippen LogP contribution is -2.26. The van der Waals surface area contributed by atoms with E-state index in [9.17, 15) is 17.6 Å². The number of carbonyl (C=O) groups excluding carboxylic acids is 1. The van der Waals surface area contributed by atoms with Gasteiger partial charge in [-0.1, -0.05) is 6.07 Å². The molecule has 0 aliphatic heterocycles. The molecule has 0 amide bonds. The van der Waals surface area contributed by atoms with Gasteiger partial charge in [0.1, 0.15) is 24.4 Å². The number of oxazole rings is 1. The SMILES string of the molecule is Cc1ccc(S(=O)(=O)NC2CC2)cc1C(=O)OCc1coc(-c2ccc(F)cc2)n1. The molecule has 9 heteroatoms. The second-order valence-corrected chi connectivity index (χ2v) is 8.81. The number of aryl methyl sites for hydroxylation is 1. The second-order valence-electron chi connectivity index (χ2n) is 7.10. The fraction of sp³-hybridized carbons (Fsp3) is 0.238. The normalized spacial score (nSPS) is 13.9. The van der Waals surface area contributed by atoms with Crippen molar-refractivity contribution in [2.24, 2.45) is 0 Å². The molecule has 1 saturated carbocycles. The van der Waals surface area contributed by atoms with E-state index in [-0.39, 0.29) is 34.8 Å². The number of nitrogens with zero attached hydrogens (tertiary/aromatic N) is 1. The van der Waals surface area contributed by atoms with Crippen molar-refractivity contribution in [2.75, 3.05) is 0 Å². The highest BCUT2D eigenvalue weighted by molar-refractivity contribution is 7.89. The van der Waals surface area contributed by atoms with Crippen molar-refractivity contribution < 1.29 is 26.8 Å². The average molecular weight is 430 g/mol. The number of hydrogen-bond donors (Lipinski definition) is 1. The van der Waals surface area contributed by atoms with Crippen LogP contribution in [0.2, 0.25) is 0 Å². The summed E-state index contributed by atoms with van der Waals surface area (Å²) < 4.78 is 51.0. The summed E-state index contributed by atoms with van der Waals surface area (Å²) in [7, 11) is -3.68. The van der Waals surface area contributed by atoms with Crippen molar-refractivity contribution >= 4 is 16.0 Å². The van der Waals surface area contributed by atoms with Gasteiger partial charge in [-0.2, -0.15) is 0 Å². The Labute approximate surface area is 172 Å². The lowest BCUT2D eigenvalue weighted by Gasteiger charge is -2.10. The lowest BCUT2D eigenvalue weighted by atomic mass is 10.1. The minimum Gasteiger partial charge on any atom is -0.455 e. The van der Waals surface area contributed by atoms with Crippen LogP contribution in [0.25, 0.3) is 11.5 Å². The predicted octanol–water partition coefficient (Wildman–Crippen LogP) is 3.59. The molecule has 1 aliphatic carbocycles. The Kier molecular flexibility index (Phi) is 5.40. The maximum atomic E-state index is 13.0. The summed E-state index contributed by atoms with van der Waals surface area (Å²) in [6, 6.07) is 9.96. The number of esters is 1. The van der Waals surface area contributed by atoms with Gasteiger partial charge in [-0.15, -0.1) is 0 Å². The van der Waals surface area contributed by atoms with Crippen LogP contribution in [0.15, 0.2) is 58.0 Å². The van der Waals surface area contributed by atoms with Gasteiger partial charge in [-0.05, 0) is 61.7 Å². The summed E-state index contributed by atoms with van der Waals surface area (Å²) in [6.45, 7) is 1.55. The summed E-state index contributed by atoms with van der Waals surface area (Å²) in [5, 5.41) is 0. The van der Waals surface area contributed by atoms with Crippen LogP contribution in [-0.2, 0) is 21.4 Å². The molecule has 1 aromatic heterocycles. The standard InChI is InChI=1S/C21H19FN2O5S/c1-13-2-9-18(30(26,27)24-16-7-8-16)10-19(13)21(25)29-12-17-11-28-20(23-17)14-3-5-15(22)6-4-14/h2-6,9-11,16,24H,7-8,12H2,1H3. The molecule has 0 saturated heterocycles. The predicted molar refractivity (Wildman–Crippen MR) is 106 cm³/mol. The van der Waals surface area contributed by atoms with Gasteiger partial charge in [0.2, 0.25) is 15.9 Å². The Bertz CT molecular complexity index is 1180. The molecule has 0 radical (unpaired) electrons. The van der Waals surface area contributed by atoms with Crippen molar-refractivity contribution in [1.29, 1.82) is 0 Å². The number of sulfonamides is 1. The molecule has 0 bridgehead atoms. The summed E-state index contributed by atoms with van der Waals surface area (Å²) in [5.74, 6) is -0.759. The molecule has 0 spiro atoms. The van der Waals surface area contributed by atoms with Gasteiger partial charge in [0.15, 0.2) is 0 Å². The summed E-state index contributed by atoms with van der Waals surface area (Å²) in [4.78, 5) is 16.8. The zero-order valence-electron chi connectivity index (χ0n) is 16.1. The van der Waals surface area contributed by atoms with Crippen LogP contribution < -0.4 is 4.72 Å². The molecule has 0 unspecified atom stereocenters. The minimum absolute atomic E-state index is 0.0204. The molecule has 156 valence electrons. The van der Waals surface area contributed by atoms with E-state index in [4.69, 9.17) is 9.15 Å². The summed E-state index contributed by atoms with van der Waals surface area (Å²) in [6.07, 6.45) is 2.98. The van der Waals surface area contributed by atoms with Crippen molar-refractivity contribution in [3.05, 3.63) is 71.4 Å². The molecule has 1 heterocycles. The first-order valence-corrected chi connectivity index (χ1v) is 10.8. The van der Waals surface area contributed by atoms with Crippen LogP contribution >= 0.6 is 0 Å². The van der Waals surface area contributed by atoms with Crippen molar-refractivity contribution in [3.8, 4) is 11.5 Å². The Morgan fingerprint density at radius 2 is 1.97 bits per heavy atom. The van der Waals surface area contributed by atoms with Crippen LogP contribution in [0.1, 0.15) is 34.5 Å². The molecule has 1 N–H and O–H groups in total. The number of halogens is 1. The molecule has 30 heavy (non-hydrogen) atoms. The van der Waals surface area contributed by atoms with Crippen LogP contribution in [0.5, 0.6) is 0 Å².